The van der Waals surface area contributed by atoms with Gasteiger partial charge in [0.15, 0.2) is 0 Å². The number of hydrogen-bond acceptors (Lipinski definition) is 6. The topological polar surface area (TPSA) is 121 Å². The monoisotopic (exact) mass is 275 g/mol. The quantitative estimate of drug-likeness (QED) is 0.445. The molecular formula is C9H9NO7S. The van der Waals surface area contributed by atoms with Crippen molar-refractivity contribution in [2.24, 2.45) is 0 Å². The van der Waals surface area contributed by atoms with E-state index in [9.17, 15) is 23.2 Å². The molecule has 0 aliphatic heterocycles. The lowest BCUT2D eigenvalue weighted by Gasteiger charge is -2.13. The van der Waals surface area contributed by atoms with Gasteiger partial charge in [-0.3, -0.25) is 14.6 Å². The summed E-state index contributed by atoms with van der Waals surface area (Å²) in [6.45, 7) is -1.03. The van der Waals surface area contributed by atoms with E-state index in [1.165, 1.54) is 24.3 Å². The molecule has 98 valence electrons. The second-order valence-electron chi connectivity index (χ2n) is 3.11. The lowest BCUT2D eigenvalue weighted by molar-refractivity contribution is -0.143. The minimum atomic E-state index is -4.96. The maximum Gasteiger partial charge on any atom is 0.449 e. The Morgan fingerprint density at radius 1 is 1.22 bits per heavy atom. The first kappa shape index (κ1) is 14.1. The molecule has 0 radical (unpaired) electrons. The molecule has 0 fully saturated rings. The first-order chi connectivity index (χ1) is 8.29. The normalized spacial score (nSPS) is 10.8. The molecule has 18 heavy (non-hydrogen) atoms. The van der Waals surface area contributed by atoms with E-state index in [2.05, 4.69) is 4.18 Å². The molecule has 1 aromatic carbocycles. The molecule has 1 aromatic rings. The third-order valence-electron chi connectivity index (χ3n) is 1.73. The fraction of sp³-hybridized carbons (Fsp3) is 0.111. The molecule has 2 N–H and O–H groups in total. The predicted octanol–water partition coefficient (Wildman–Crippen LogP) is -0.136. The van der Waals surface area contributed by atoms with E-state index in [0.29, 0.717) is 0 Å². The predicted molar refractivity (Wildman–Crippen MR) is 56.9 cm³/mol. The summed E-state index contributed by atoms with van der Waals surface area (Å²) in [5.74, 6) is -2.41. The van der Waals surface area contributed by atoms with Crippen LogP contribution in [-0.2, 0) is 19.4 Å². The number of rotatable bonds is 4. The summed E-state index contributed by atoms with van der Waals surface area (Å²) in [6, 6.07) is 7.50. The molecule has 0 heterocycles. The van der Waals surface area contributed by atoms with Crippen LogP contribution in [0.2, 0.25) is 0 Å². The van der Waals surface area contributed by atoms with Gasteiger partial charge in [0, 0.05) is 5.56 Å². The lowest BCUT2D eigenvalue weighted by atomic mass is 10.2. The molecule has 0 saturated heterocycles. The van der Waals surface area contributed by atoms with Crippen molar-refractivity contribution in [2.75, 3.05) is 6.54 Å². The molecule has 8 nitrogen and oxygen atoms in total. The van der Waals surface area contributed by atoms with Gasteiger partial charge in [0.25, 0.3) is 5.91 Å². The van der Waals surface area contributed by atoms with Gasteiger partial charge >= 0.3 is 16.4 Å². The molecule has 1 rings (SSSR count). The Morgan fingerprint density at radius 3 is 2.28 bits per heavy atom. The SMILES string of the molecule is O=C(CN(O)C(=O)c1ccccc1)OS(=O)(=O)O. The Balaban J connectivity index is 2.64. The molecule has 0 aliphatic carbocycles. The van der Waals surface area contributed by atoms with Crippen LogP contribution in [0.25, 0.3) is 0 Å². The van der Waals surface area contributed by atoms with E-state index in [1.807, 2.05) is 0 Å². The molecule has 0 aliphatic rings. The molecule has 0 unspecified atom stereocenters. The highest BCUT2D eigenvalue weighted by Crippen LogP contribution is 2.03. The minimum Gasteiger partial charge on any atom is -0.323 e. The highest BCUT2D eigenvalue weighted by atomic mass is 32.3. The Morgan fingerprint density at radius 2 is 1.78 bits per heavy atom. The Hall–Kier alpha value is -1.97. The Labute approximate surface area is 102 Å². The van der Waals surface area contributed by atoms with Gasteiger partial charge in [-0.05, 0) is 12.1 Å². The average Bonchev–Trinajstić information content (AvgIpc) is 2.26. The Kier molecular flexibility index (Phi) is 4.37. The minimum absolute atomic E-state index is 0.0250. The summed E-state index contributed by atoms with van der Waals surface area (Å²) in [7, 11) is -4.96. The van der Waals surface area contributed by atoms with Crippen molar-refractivity contribution >= 4 is 22.3 Å². The van der Waals surface area contributed by atoms with Crippen LogP contribution in [0.5, 0.6) is 0 Å². The number of benzene rings is 1. The first-order valence-corrected chi connectivity index (χ1v) is 5.91. The van der Waals surface area contributed by atoms with Gasteiger partial charge in [0.1, 0.15) is 6.54 Å². The van der Waals surface area contributed by atoms with Crippen LogP contribution in [0.3, 0.4) is 0 Å². The first-order valence-electron chi connectivity index (χ1n) is 4.55. The summed E-state index contributed by atoms with van der Waals surface area (Å²) in [5, 5.41) is 9.22. The van der Waals surface area contributed by atoms with Crippen LogP contribution < -0.4 is 0 Å². The molecule has 9 heteroatoms. The fourth-order valence-electron chi connectivity index (χ4n) is 1.07. The number of hydroxylamine groups is 2. The highest BCUT2D eigenvalue weighted by molar-refractivity contribution is 7.81. The van der Waals surface area contributed by atoms with Crippen molar-refractivity contribution in [3.05, 3.63) is 35.9 Å². The largest absolute Gasteiger partial charge is 0.449 e. The summed E-state index contributed by atoms with van der Waals surface area (Å²) in [4.78, 5) is 22.4. The maximum absolute atomic E-state index is 11.5. The van der Waals surface area contributed by atoms with E-state index in [0.717, 1.165) is 0 Å². The average molecular weight is 275 g/mol. The van der Waals surface area contributed by atoms with Gasteiger partial charge in [-0.2, -0.15) is 8.42 Å². The number of nitrogens with zero attached hydrogens (tertiary/aromatic N) is 1. The Bertz CT molecular complexity index is 539. The second-order valence-corrected chi connectivity index (χ2v) is 4.13. The highest BCUT2D eigenvalue weighted by Gasteiger charge is 2.20. The van der Waals surface area contributed by atoms with Gasteiger partial charge in [-0.15, -0.1) is 0 Å². The number of carbonyl (C=O) groups is 2. The van der Waals surface area contributed by atoms with Crippen LogP contribution in [-0.4, -0.2) is 41.7 Å². The van der Waals surface area contributed by atoms with Crippen molar-refractivity contribution in [3.8, 4) is 0 Å². The molecule has 1 amide bonds. The number of carbonyl (C=O) groups excluding carboxylic acids is 2. The van der Waals surface area contributed by atoms with E-state index < -0.39 is 28.8 Å². The zero-order valence-electron chi connectivity index (χ0n) is 8.88. The standard InChI is InChI=1S/C9H9NO7S/c11-8(17-18(14,15)16)6-10(13)9(12)7-4-2-1-3-5-7/h1-5,13H,6H2,(H,14,15,16). The number of amides is 1. The van der Waals surface area contributed by atoms with Crippen LogP contribution in [0.4, 0.5) is 0 Å². The van der Waals surface area contributed by atoms with Crippen molar-refractivity contribution in [1.82, 2.24) is 5.06 Å². The lowest BCUT2D eigenvalue weighted by Crippen LogP contribution is -2.34. The van der Waals surface area contributed by atoms with Gasteiger partial charge in [0.05, 0.1) is 0 Å². The van der Waals surface area contributed by atoms with Crippen LogP contribution >= 0.6 is 0 Å². The summed E-state index contributed by atoms with van der Waals surface area (Å²) >= 11 is 0. The van der Waals surface area contributed by atoms with Gasteiger partial charge < -0.3 is 4.18 Å². The van der Waals surface area contributed by atoms with Crippen LogP contribution in [0, 0.1) is 0 Å². The van der Waals surface area contributed by atoms with Gasteiger partial charge in [0.2, 0.25) is 0 Å². The van der Waals surface area contributed by atoms with Crippen molar-refractivity contribution in [3.63, 3.8) is 0 Å². The third-order valence-corrected chi connectivity index (χ3v) is 2.13. The zero-order chi connectivity index (χ0) is 13.8. The van der Waals surface area contributed by atoms with E-state index in [4.69, 9.17) is 4.55 Å². The molecule has 0 atom stereocenters. The van der Waals surface area contributed by atoms with Crippen LogP contribution in [0.15, 0.2) is 30.3 Å². The van der Waals surface area contributed by atoms with E-state index >= 15 is 0 Å². The molecular weight excluding hydrogens is 266 g/mol. The summed E-state index contributed by atoms with van der Waals surface area (Å²) in [6.07, 6.45) is 0. The molecule has 0 saturated carbocycles. The second kappa shape index (κ2) is 5.58. The zero-order valence-corrected chi connectivity index (χ0v) is 9.70. The maximum atomic E-state index is 11.5. The van der Waals surface area contributed by atoms with Gasteiger partial charge in [-0.1, -0.05) is 18.2 Å². The molecule has 0 aromatic heterocycles. The van der Waals surface area contributed by atoms with E-state index in [1.54, 1.807) is 6.07 Å². The summed E-state index contributed by atoms with van der Waals surface area (Å²) in [5.41, 5.74) is 0.0969. The third kappa shape index (κ3) is 4.49. The molecule has 0 bridgehead atoms. The molecule has 0 spiro atoms. The summed E-state index contributed by atoms with van der Waals surface area (Å²) < 4.78 is 32.1. The van der Waals surface area contributed by atoms with Crippen molar-refractivity contribution in [2.45, 2.75) is 0 Å². The number of hydrogen-bond donors (Lipinski definition) is 2. The van der Waals surface area contributed by atoms with Crippen molar-refractivity contribution < 1.29 is 31.9 Å². The fourth-order valence-corrected chi connectivity index (χ4v) is 1.36. The smallest absolute Gasteiger partial charge is 0.323 e. The van der Waals surface area contributed by atoms with Crippen LogP contribution in [0.1, 0.15) is 10.4 Å². The van der Waals surface area contributed by atoms with Crippen molar-refractivity contribution in [1.29, 1.82) is 0 Å². The van der Waals surface area contributed by atoms with E-state index in [-0.39, 0.29) is 10.6 Å². The van der Waals surface area contributed by atoms with Gasteiger partial charge in [-0.25, -0.2) is 9.86 Å².